The van der Waals surface area contributed by atoms with Crippen molar-refractivity contribution in [3.63, 3.8) is 0 Å². The van der Waals surface area contributed by atoms with E-state index in [2.05, 4.69) is 10.6 Å². The van der Waals surface area contributed by atoms with Gasteiger partial charge < -0.3 is 10.6 Å². The summed E-state index contributed by atoms with van der Waals surface area (Å²) in [6.45, 7) is 1.74. The van der Waals surface area contributed by atoms with Crippen molar-refractivity contribution in [3.8, 4) is 0 Å². The molecule has 0 spiro atoms. The predicted molar refractivity (Wildman–Crippen MR) is 109 cm³/mol. The zero-order valence-electron chi connectivity index (χ0n) is 16.4. The quantitative estimate of drug-likeness (QED) is 0.510. The lowest BCUT2D eigenvalue weighted by molar-refractivity contribution is -0.137. The van der Waals surface area contributed by atoms with Crippen LogP contribution in [0.15, 0.2) is 41.8 Å². The largest absolute Gasteiger partial charge is 0.416 e. The number of carbonyl (C=O) groups excluding carboxylic acids is 2. The van der Waals surface area contributed by atoms with Crippen LogP contribution in [0.2, 0.25) is 0 Å². The van der Waals surface area contributed by atoms with E-state index in [9.17, 15) is 31.5 Å². The lowest BCUT2D eigenvalue weighted by Crippen LogP contribution is -2.36. The second-order valence-electron chi connectivity index (χ2n) is 7.36. The lowest BCUT2D eigenvalue weighted by atomic mass is 9.89. The van der Waals surface area contributed by atoms with Gasteiger partial charge >= 0.3 is 6.18 Å². The molecule has 2 amide bonds. The van der Waals surface area contributed by atoms with Crippen molar-refractivity contribution < 1.29 is 31.5 Å². The van der Waals surface area contributed by atoms with Gasteiger partial charge in [-0.3, -0.25) is 9.59 Å². The molecule has 32 heavy (non-hydrogen) atoms. The summed E-state index contributed by atoms with van der Waals surface area (Å²) in [6, 6.07) is 4.93. The van der Waals surface area contributed by atoms with Crippen LogP contribution in [-0.4, -0.2) is 11.8 Å². The molecule has 2 heterocycles. The first-order valence-corrected chi connectivity index (χ1v) is 10.3. The first-order valence-electron chi connectivity index (χ1n) is 9.37. The van der Waals surface area contributed by atoms with Crippen molar-refractivity contribution in [1.82, 2.24) is 5.32 Å². The third kappa shape index (κ3) is 4.22. The van der Waals surface area contributed by atoms with E-state index in [0.29, 0.717) is 40.5 Å². The number of thiophene rings is 1. The molecule has 2 N–H and O–H groups in total. The number of amides is 2. The first kappa shape index (κ1) is 21.9. The topological polar surface area (TPSA) is 58.2 Å². The van der Waals surface area contributed by atoms with Crippen molar-refractivity contribution in [2.24, 2.45) is 0 Å². The van der Waals surface area contributed by atoms with Gasteiger partial charge in [0.2, 0.25) is 5.91 Å². The zero-order valence-corrected chi connectivity index (χ0v) is 17.3. The van der Waals surface area contributed by atoms with Crippen molar-refractivity contribution in [2.75, 3.05) is 5.32 Å². The molecule has 1 aliphatic rings. The van der Waals surface area contributed by atoms with Crippen LogP contribution in [-0.2, 0) is 17.4 Å². The zero-order chi connectivity index (χ0) is 23.2. The summed E-state index contributed by atoms with van der Waals surface area (Å²) >= 11 is 1.08. The highest BCUT2D eigenvalue weighted by Gasteiger charge is 2.33. The molecule has 4 nitrogen and oxygen atoms in total. The Morgan fingerprint density at radius 3 is 2.59 bits per heavy atom. The molecule has 10 heteroatoms. The summed E-state index contributed by atoms with van der Waals surface area (Å²) in [5, 5.41) is 7.22. The summed E-state index contributed by atoms with van der Waals surface area (Å²) in [7, 11) is 0. The Morgan fingerprint density at radius 2 is 1.88 bits per heavy atom. The maximum atomic E-state index is 13.9. The molecule has 1 aliphatic heterocycles. The highest BCUT2D eigenvalue weighted by atomic mass is 32.1. The van der Waals surface area contributed by atoms with Crippen LogP contribution in [0.3, 0.4) is 0 Å². The van der Waals surface area contributed by atoms with Gasteiger partial charge in [-0.25, -0.2) is 8.78 Å². The number of fused-ring (bicyclic) bond motifs is 1. The number of hydrogen-bond donors (Lipinski definition) is 2. The van der Waals surface area contributed by atoms with Crippen LogP contribution < -0.4 is 10.6 Å². The monoisotopic (exact) mass is 466 g/mol. The predicted octanol–water partition coefficient (Wildman–Crippen LogP) is 5.37. The summed E-state index contributed by atoms with van der Waals surface area (Å²) in [6.07, 6.45) is -4.78. The van der Waals surface area contributed by atoms with Crippen LogP contribution >= 0.6 is 11.3 Å². The van der Waals surface area contributed by atoms with Gasteiger partial charge in [0.05, 0.1) is 18.0 Å². The lowest BCUT2D eigenvalue weighted by Gasteiger charge is -2.27. The van der Waals surface area contributed by atoms with Crippen LogP contribution in [0.4, 0.5) is 27.0 Å². The number of carbonyl (C=O) groups is 2. The molecular formula is C22H15F5N2O2S. The van der Waals surface area contributed by atoms with E-state index < -0.39 is 40.9 Å². The van der Waals surface area contributed by atoms with Gasteiger partial charge in [0.15, 0.2) is 0 Å². The standard InChI is InChI=1S/C22H15F5N2O2S/c1-10-2-3-14(23)8-16(10)19-18-12(6-17(30)28-19)9-32-21(18)29-20(31)11-4-13(22(25,26)27)7-15(24)5-11/h2-5,7-9,19H,6H2,1H3,(H,28,30)(H,29,31). The Labute approximate surface area is 183 Å². The molecule has 2 aromatic carbocycles. The fraction of sp³-hybridized carbons (Fsp3) is 0.182. The van der Waals surface area contributed by atoms with Crippen LogP contribution in [0.25, 0.3) is 0 Å². The number of nitrogens with one attached hydrogen (secondary N) is 2. The molecule has 3 aromatic rings. The molecule has 0 aliphatic carbocycles. The Bertz CT molecular complexity index is 1240. The van der Waals surface area contributed by atoms with E-state index >= 15 is 0 Å². The molecule has 0 radical (unpaired) electrons. The molecule has 0 saturated heterocycles. The second-order valence-corrected chi connectivity index (χ2v) is 8.24. The van der Waals surface area contributed by atoms with E-state index in [1.54, 1.807) is 18.4 Å². The SMILES string of the molecule is Cc1ccc(F)cc1C1NC(=O)Cc2csc(NC(=O)c3cc(F)cc(C(F)(F)F)c3)c21. The Kier molecular flexibility index (Phi) is 5.49. The third-order valence-electron chi connectivity index (χ3n) is 5.12. The minimum absolute atomic E-state index is 0.0325. The second kappa shape index (κ2) is 8.01. The highest BCUT2D eigenvalue weighted by Crippen LogP contribution is 2.40. The van der Waals surface area contributed by atoms with E-state index in [0.717, 1.165) is 11.3 Å². The minimum atomic E-state index is -4.82. The molecule has 1 unspecified atom stereocenters. The van der Waals surface area contributed by atoms with Crippen LogP contribution in [0.1, 0.15) is 44.2 Å². The Hall–Kier alpha value is -3.27. The van der Waals surface area contributed by atoms with Gasteiger partial charge in [-0.15, -0.1) is 11.3 Å². The Balaban J connectivity index is 1.72. The molecule has 0 fully saturated rings. The normalized spacial score (nSPS) is 15.8. The van der Waals surface area contributed by atoms with Gasteiger partial charge in [0.1, 0.15) is 16.6 Å². The van der Waals surface area contributed by atoms with Gasteiger partial charge in [-0.1, -0.05) is 6.07 Å². The smallest absolute Gasteiger partial charge is 0.345 e. The van der Waals surface area contributed by atoms with Gasteiger partial charge in [0.25, 0.3) is 5.91 Å². The fourth-order valence-electron chi connectivity index (χ4n) is 3.63. The number of hydrogen-bond acceptors (Lipinski definition) is 3. The number of anilines is 1. The maximum Gasteiger partial charge on any atom is 0.416 e. The van der Waals surface area contributed by atoms with Crippen molar-refractivity contribution in [1.29, 1.82) is 0 Å². The number of alkyl halides is 3. The van der Waals surface area contributed by atoms with E-state index in [-0.39, 0.29) is 17.3 Å². The van der Waals surface area contributed by atoms with Crippen LogP contribution in [0.5, 0.6) is 0 Å². The summed E-state index contributed by atoms with van der Waals surface area (Å²) < 4.78 is 66.6. The van der Waals surface area contributed by atoms with E-state index in [4.69, 9.17) is 0 Å². The first-order chi connectivity index (χ1) is 15.0. The fourth-order valence-corrected chi connectivity index (χ4v) is 4.62. The molecule has 4 rings (SSSR count). The Morgan fingerprint density at radius 1 is 1.12 bits per heavy atom. The third-order valence-corrected chi connectivity index (χ3v) is 6.08. The summed E-state index contributed by atoms with van der Waals surface area (Å²) in [4.78, 5) is 24.9. The highest BCUT2D eigenvalue weighted by molar-refractivity contribution is 7.14. The minimum Gasteiger partial charge on any atom is -0.345 e. The number of rotatable bonds is 3. The van der Waals surface area contributed by atoms with Crippen molar-refractivity contribution in [2.45, 2.75) is 25.6 Å². The number of aryl methyl sites for hydroxylation is 1. The molecule has 1 atom stereocenters. The number of halogens is 5. The average Bonchev–Trinajstić information content (AvgIpc) is 3.10. The molecular weight excluding hydrogens is 451 g/mol. The van der Waals surface area contributed by atoms with Gasteiger partial charge in [-0.2, -0.15) is 13.2 Å². The van der Waals surface area contributed by atoms with Crippen molar-refractivity contribution >= 4 is 28.2 Å². The van der Waals surface area contributed by atoms with E-state index in [1.165, 1.54) is 12.1 Å². The van der Waals surface area contributed by atoms with Crippen molar-refractivity contribution in [3.05, 3.63) is 86.8 Å². The van der Waals surface area contributed by atoms with E-state index in [1.807, 2.05) is 0 Å². The van der Waals surface area contributed by atoms with Gasteiger partial charge in [-0.05, 0) is 59.3 Å². The maximum absolute atomic E-state index is 13.9. The summed E-state index contributed by atoms with van der Waals surface area (Å²) in [5.74, 6) is -2.93. The van der Waals surface area contributed by atoms with Crippen LogP contribution in [0, 0.1) is 18.6 Å². The average molecular weight is 466 g/mol. The van der Waals surface area contributed by atoms with Gasteiger partial charge in [0, 0.05) is 11.1 Å². The summed E-state index contributed by atoms with van der Waals surface area (Å²) in [5.41, 5.74) is 0.530. The molecule has 0 saturated carbocycles. The molecule has 1 aromatic heterocycles. The molecule has 0 bridgehead atoms. The molecule has 166 valence electrons. The number of benzene rings is 2.